The average Bonchev–Trinajstić information content (AvgIpc) is 3.73. The van der Waals surface area contributed by atoms with Crippen LogP contribution in [0.3, 0.4) is 0 Å². The van der Waals surface area contributed by atoms with Gasteiger partial charge in [-0.05, 0) is 103 Å². The highest BCUT2D eigenvalue weighted by Gasteiger charge is 2.42. The Morgan fingerprint density at radius 3 is 1.81 bits per heavy atom. The third kappa shape index (κ3) is 8.72. The number of alkyl carbamates (subject to hydrolysis) is 1. The number of tetrazole rings is 1. The zero-order chi connectivity index (χ0) is 44.2. The van der Waals surface area contributed by atoms with Gasteiger partial charge in [-0.1, -0.05) is 158 Å². The van der Waals surface area contributed by atoms with Crippen molar-refractivity contribution >= 4 is 23.6 Å². The van der Waals surface area contributed by atoms with E-state index < -0.39 is 34.7 Å². The fraction of sp³-hybridized carbons (Fsp3) is 0.231. The van der Waals surface area contributed by atoms with E-state index in [0.29, 0.717) is 18.7 Å². The summed E-state index contributed by atoms with van der Waals surface area (Å²) < 4.78 is 7.33. The molecule has 0 spiro atoms. The van der Waals surface area contributed by atoms with E-state index in [-0.39, 0.29) is 12.5 Å². The average molecular weight is 838 g/mol. The number of ether oxygens (including phenoxy) is 1. The van der Waals surface area contributed by atoms with Crippen LogP contribution in [0.25, 0.3) is 22.5 Å². The summed E-state index contributed by atoms with van der Waals surface area (Å²) in [5.74, 6) is -0.128. The second-order valence-corrected chi connectivity index (χ2v) is 17.3. The molecule has 6 aromatic carbocycles. The number of benzene rings is 6. The SMILES string of the molecule is CC(C)(C)OC(=O)NC(C)(C)C(=O)NC1CCc2ccccc2N(Cc2ccc(-c3ccccc3-c3nnnn3C(c3ccccc3)(c3ccccc3)c3ccccc3)cc2)C1=O. The fourth-order valence-corrected chi connectivity index (χ4v) is 8.35. The minimum atomic E-state index is -1.34. The molecule has 1 unspecified atom stereocenters. The van der Waals surface area contributed by atoms with Gasteiger partial charge in [0.05, 0.1) is 6.54 Å². The van der Waals surface area contributed by atoms with Gasteiger partial charge < -0.3 is 20.3 Å². The number of fused-ring (bicyclic) bond motifs is 1. The summed E-state index contributed by atoms with van der Waals surface area (Å²) >= 11 is 0. The molecule has 0 saturated heterocycles. The van der Waals surface area contributed by atoms with E-state index in [1.165, 1.54) is 0 Å². The Hall–Kier alpha value is -7.40. The van der Waals surface area contributed by atoms with Crippen molar-refractivity contribution in [2.45, 2.75) is 76.7 Å². The second kappa shape index (κ2) is 17.5. The summed E-state index contributed by atoms with van der Waals surface area (Å²) in [6, 6.07) is 54.3. The Kier molecular flexibility index (Phi) is 11.8. The Morgan fingerprint density at radius 2 is 1.22 bits per heavy atom. The Labute approximate surface area is 368 Å². The van der Waals surface area contributed by atoms with Crippen molar-refractivity contribution < 1.29 is 19.1 Å². The quantitative estimate of drug-likeness (QED) is 0.124. The van der Waals surface area contributed by atoms with Crippen molar-refractivity contribution in [2.24, 2.45) is 0 Å². The lowest BCUT2D eigenvalue weighted by molar-refractivity contribution is -0.131. The van der Waals surface area contributed by atoms with Crippen LogP contribution in [-0.2, 0) is 32.8 Å². The van der Waals surface area contributed by atoms with Crippen molar-refractivity contribution in [2.75, 3.05) is 4.90 Å². The molecule has 11 nitrogen and oxygen atoms in total. The van der Waals surface area contributed by atoms with Crippen molar-refractivity contribution in [1.29, 1.82) is 0 Å². The topological polar surface area (TPSA) is 131 Å². The van der Waals surface area contributed by atoms with Crippen LogP contribution in [0.2, 0.25) is 0 Å². The maximum absolute atomic E-state index is 14.4. The van der Waals surface area contributed by atoms with Crippen LogP contribution in [0, 0.1) is 0 Å². The Morgan fingerprint density at radius 1 is 0.683 bits per heavy atom. The molecule has 3 amide bonds. The number of carbonyl (C=O) groups is 3. The van der Waals surface area contributed by atoms with Gasteiger partial charge in [0, 0.05) is 11.3 Å². The van der Waals surface area contributed by atoms with Gasteiger partial charge in [0.2, 0.25) is 11.8 Å². The molecule has 0 saturated carbocycles. The molecular formula is C52H51N7O4. The number of hydrogen-bond donors (Lipinski definition) is 2. The van der Waals surface area contributed by atoms with Crippen LogP contribution in [0.1, 0.15) is 68.9 Å². The highest BCUT2D eigenvalue weighted by atomic mass is 16.6. The lowest BCUT2D eigenvalue weighted by atomic mass is 9.77. The number of rotatable bonds is 11. The van der Waals surface area contributed by atoms with E-state index in [4.69, 9.17) is 15.0 Å². The lowest BCUT2D eigenvalue weighted by Gasteiger charge is -2.36. The zero-order valence-corrected chi connectivity index (χ0v) is 36.2. The molecule has 1 atom stereocenters. The number of nitrogens with zero attached hydrogens (tertiary/aromatic N) is 5. The van der Waals surface area contributed by atoms with Crippen LogP contribution in [0.15, 0.2) is 164 Å². The smallest absolute Gasteiger partial charge is 0.408 e. The number of anilines is 1. The first-order valence-electron chi connectivity index (χ1n) is 21.2. The van der Waals surface area contributed by atoms with Crippen LogP contribution in [0.4, 0.5) is 10.5 Å². The third-order valence-electron chi connectivity index (χ3n) is 11.4. The minimum Gasteiger partial charge on any atom is -0.444 e. The van der Waals surface area contributed by atoms with Gasteiger partial charge in [0.15, 0.2) is 5.82 Å². The summed E-state index contributed by atoms with van der Waals surface area (Å²) in [5.41, 5.74) is 5.46. The summed E-state index contributed by atoms with van der Waals surface area (Å²) in [4.78, 5) is 42.4. The van der Waals surface area contributed by atoms with Gasteiger partial charge in [0.1, 0.15) is 22.7 Å². The second-order valence-electron chi connectivity index (χ2n) is 17.3. The number of carbonyl (C=O) groups excluding carboxylic acids is 3. The zero-order valence-electron chi connectivity index (χ0n) is 36.2. The molecule has 2 heterocycles. The summed E-state index contributed by atoms with van der Waals surface area (Å²) in [5, 5.41) is 19.4. The fourth-order valence-electron chi connectivity index (χ4n) is 8.35. The number of nitrogens with one attached hydrogen (secondary N) is 2. The summed E-state index contributed by atoms with van der Waals surface area (Å²) in [6.45, 7) is 8.71. The van der Waals surface area contributed by atoms with Crippen LogP contribution >= 0.6 is 0 Å². The molecule has 2 N–H and O–H groups in total. The van der Waals surface area contributed by atoms with E-state index >= 15 is 0 Å². The van der Waals surface area contributed by atoms with Gasteiger partial charge in [-0.25, -0.2) is 9.48 Å². The molecule has 8 rings (SSSR count). The number of aryl methyl sites for hydroxylation is 1. The molecule has 7 aromatic rings. The Bertz CT molecular complexity index is 2610. The first kappa shape index (κ1) is 42.3. The van der Waals surface area contributed by atoms with E-state index in [9.17, 15) is 14.4 Å². The minimum absolute atomic E-state index is 0.235. The lowest BCUT2D eigenvalue weighted by Crippen LogP contribution is -2.59. The maximum atomic E-state index is 14.4. The third-order valence-corrected chi connectivity index (χ3v) is 11.4. The molecular weight excluding hydrogens is 787 g/mol. The van der Waals surface area contributed by atoms with Crippen LogP contribution < -0.4 is 15.5 Å². The van der Waals surface area contributed by atoms with Gasteiger partial charge in [-0.2, -0.15) is 0 Å². The van der Waals surface area contributed by atoms with Crippen LogP contribution in [-0.4, -0.2) is 55.3 Å². The highest BCUT2D eigenvalue weighted by Crippen LogP contribution is 2.43. The molecule has 63 heavy (non-hydrogen) atoms. The largest absolute Gasteiger partial charge is 0.444 e. The van der Waals surface area contributed by atoms with Crippen molar-refractivity contribution in [1.82, 2.24) is 30.8 Å². The maximum Gasteiger partial charge on any atom is 0.408 e. The van der Waals surface area contributed by atoms with E-state index in [2.05, 4.69) is 70.4 Å². The summed E-state index contributed by atoms with van der Waals surface area (Å²) in [7, 11) is 0. The van der Waals surface area contributed by atoms with Gasteiger partial charge in [-0.3, -0.25) is 9.59 Å². The first-order chi connectivity index (χ1) is 30.3. The number of para-hydroxylation sites is 1. The number of hydrogen-bond acceptors (Lipinski definition) is 7. The molecule has 1 aliphatic rings. The van der Waals surface area contributed by atoms with Gasteiger partial charge in [0.25, 0.3) is 0 Å². The predicted molar refractivity (Wildman–Crippen MR) is 245 cm³/mol. The molecule has 1 aliphatic heterocycles. The molecule has 11 heteroatoms. The van der Waals surface area contributed by atoms with Crippen molar-refractivity contribution in [3.63, 3.8) is 0 Å². The molecule has 0 radical (unpaired) electrons. The first-order valence-corrected chi connectivity index (χ1v) is 21.2. The molecule has 0 bridgehead atoms. The van der Waals surface area contributed by atoms with Crippen molar-refractivity contribution in [3.8, 4) is 22.5 Å². The predicted octanol–water partition coefficient (Wildman–Crippen LogP) is 9.11. The molecule has 0 fully saturated rings. The standard InChI is InChI=1S/C52H51N7O4/c1-50(2,3)63-49(62)54-51(4,5)48(61)53-44-34-33-38-19-15-18-28-45(38)58(47(44)60)35-36-29-31-37(32-30-36)42-26-16-17-27-43(42)46-55-56-57-59(46)52(39-20-9-6-10-21-39,40-22-11-7-12-23-40)41-24-13-8-14-25-41/h6-32,44H,33-35H2,1-5H3,(H,53,61)(H,54,62). The summed E-state index contributed by atoms with van der Waals surface area (Å²) in [6.07, 6.45) is 0.266. The van der Waals surface area contributed by atoms with Gasteiger partial charge >= 0.3 is 6.09 Å². The molecule has 0 aliphatic carbocycles. The van der Waals surface area contributed by atoms with Crippen LogP contribution in [0.5, 0.6) is 0 Å². The van der Waals surface area contributed by atoms with E-state index in [1.54, 1.807) is 39.5 Å². The number of aromatic nitrogens is 4. The molecule has 1 aromatic heterocycles. The van der Waals surface area contributed by atoms with Gasteiger partial charge in [-0.15, -0.1) is 5.10 Å². The Balaban J connectivity index is 1.11. The van der Waals surface area contributed by atoms with E-state index in [0.717, 1.165) is 50.2 Å². The number of amides is 3. The normalized spacial score (nSPS) is 14.3. The highest BCUT2D eigenvalue weighted by molar-refractivity contribution is 6.01. The van der Waals surface area contributed by atoms with Crippen molar-refractivity contribution in [3.05, 3.63) is 192 Å². The van der Waals surface area contributed by atoms with E-state index in [1.807, 2.05) is 114 Å². The monoisotopic (exact) mass is 837 g/mol. The molecule has 318 valence electrons.